The van der Waals surface area contributed by atoms with Gasteiger partial charge in [-0.15, -0.1) is 0 Å². The summed E-state index contributed by atoms with van der Waals surface area (Å²) < 4.78 is 0. The third-order valence-electron chi connectivity index (χ3n) is 5.36. The van der Waals surface area contributed by atoms with Crippen LogP contribution in [0.2, 0.25) is 10.0 Å². The zero-order valence-electron chi connectivity index (χ0n) is 15.2. The van der Waals surface area contributed by atoms with Gasteiger partial charge >= 0.3 is 0 Å². The molecular weight excluding hydrogens is 363 g/mol. The molecule has 0 bridgehead atoms. The van der Waals surface area contributed by atoms with Crippen LogP contribution in [-0.4, -0.2) is 13.1 Å². The van der Waals surface area contributed by atoms with Crippen LogP contribution in [0.1, 0.15) is 67.2 Å². The molecule has 0 heterocycles. The van der Waals surface area contributed by atoms with Crippen LogP contribution >= 0.6 is 23.2 Å². The zero-order chi connectivity index (χ0) is 18.4. The molecule has 0 saturated heterocycles. The minimum absolute atomic E-state index is 0.392. The van der Waals surface area contributed by atoms with Crippen LogP contribution in [0.5, 0.6) is 0 Å². The maximum atomic E-state index is 6.26. The van der Waals surface area contributed by atoms with Crippen molar-refractivity contribution in [3.63, 3.8) is 0 Å². The Morgan fingerprint density at radius 1 is 0.885 bits per heavy atom. The Morgan fingerprint density at radius 3 is 2.42 bits per heavy atom. The highest BCUT2D eigenvalue weighted by molar-refractivity contribution is 6.42. The number of nitrogens with two attached hydrogens (primary N) is 1. The van der Waals surface area contributed by atoms with Crippen LogP contribution in [0.3, 0.4) is 0 Å². The summed E-state index contributed by atoms with van der Waals surface area (Å²) in [6.07, 6.45) is 7.11. The van der Waals surface area contributed by atoms with Gasteiger partial charge in [0.1, 0.15) is 0 Å². The smallest absolute Gasteiger partial charge is 0.0595 e. The molecule has 1 aliphatic rings. The van der Waals surface area contributed by atoms with Crippen LogP contribution in [-0.2, 0) is 0 Å². The van der Waals surface area contributed by atoms with E-state index >= 15 is 0 Å². The molecule has 140 valence electrons. The van der Waals surface area contributed by atoms with Gasteiger partial charge in [0.25, 0.3) is 0 Å². The van der Waals surface area contributed by atoms with Crippen molar-refractivity contribution in [2.24, 2.45) is 5.73 Å². The molecule has 0 aromatic heterocycles. The lowest BCUT2D eigenvalue weighted by Gasteiger charge is -2.32. The summed E-state index contributed by atoms with van der Waals surface area (Å²) in [5, 5.41) is 5.03. The van der Waals surface area contributed by atoms with Crippen molar-refractivity contribution in [1.29, 1.82) is 0 Å². The number of benzene rings is 2. The van der Waals surface area contributed by atoms with Crippen LogP contribution < -0.4 is 11.1 Å². The van der Waals surface area contributed by atoms with Crippen LogP contribution in [0.4, 0.5) is 0 Å². The topological polar surface area (TPSA) is 38.0 Å². The largest absolute Gasteiger partial charge is 0.330 e. The normalized spacial score (nSPS) is 19.3. The van der Waals surface area contributed by atoms with Crippen LogP contribution in [0.25, 0.3) is 0 Å². The molecule has 0 fully saturated rings. The zero-order valence-corrected chi connectivity index (χ0v) is 16.7. The minimum Gasteiger partial charge on any atom is -0.330 e. The monoisotopic (exact) mass is 390 g/mol. The van der Waals surface area contributed by atoms with Gasteiger partial charge in [0.2, 0.25) is 0 Å². The number of nitrogens with one attached hydrogen (secondary N) is 1. The predicted molar refractivity (Wildman–Crippen MR) is 112 cm³/mol. The van der Waals surface area contributed by atoms with Crippen molar-refractivity contribution in [2.75, 3.05) is 13.1 Å². The first kappa shape index (κ1) is 19.7. The van der Waals surface area contributed by atoms with E-state index in [0.717, 1.165) is 32.4 Å². The Labute approximate surface area is 167 Å². The van der Waals surface area contributed by atoms with Crippen molar-refractivity contribution in [2.45, 2.75) is 50.5 Å². The summed E-state index contributed by atoms with van der Waals surface area (Å²) in [4.78, 5) is 0. The molecule has 26 heavy (non-hydrogen) atoms. The lowest BCUT2D eigenvalue weighted by molar-refractivity contribution is 0.432. The number of hydrogen-bond donors (Lipinski definition) is 2. The highest BCUT2D eigenvalue weighted by Crippen LogP contribution is 2.42. The van der Waals surface area contributed by atoms with E-state index in [1.54, 1.807) is 0 Å². The van der Waals surface area contributed by atoms with Crippen LogP contribution in [0, 0.1) is 0 Å². The Kier molecular flexibility index (Phi) is 7.39. The maximum absolute atomic E-state index is 6.26. The molecule has 1 aliphatic carbocycles. The molecule has 0 aliphatic heterocycles. The first-order valence-corrected chi connectivity index (χ1v) is 10.4. The number of unbranched alkanes of at least 4 members (excludes halogenated alkanes) is 3. The van der Waals surface area contributed by atoms with E-state index in [1.807, 2.05) is 12.1 Å². The summed E-state index contributed by atoms with van der Waals surface area (Å²) in [6, 6.07) is 15.3. The van der Waals surface area contributed by atoms with Gasteiger partial charge in [-0.1, -0.05) is 66.4 Å². The molecule has 3 rings (SSSR count). The number of fused-ring (bicyclic) bond motifs is 1. The molecule has 0 unspecified atom stereocenters. The van der Waals surface area contributed by atoms with Crippen molar-refractivity contribution in [3.8, 4) is 0 Å². The minimum atomic E-state index is 0.392. The summed E-state index contributed by atoms with van der Waals surface area (Å²) in [6.45, 7) is 1.88. The summed E-state index contributed by atoms with van der Waals surface area (Å²) in [5.74, 6) is 0.392. The van der Waals surface area contributed by atoms with E-state index in [9.17, 15) is 0 Å². The van der Waals surface area contributed by atoms with Crippen molar-refractivity contribution >= 4 is 23.2 Å². The van der Waals surface area contributed by atoms with E-state index in [2.05, 4.69) is 35.6 Å². The average molecular weight is 391 g/mol. The van der Waals surface area contributed by atoms with E-state index in [-0.39, 0.29) is 0 Å². The molecule has 0 amide bonds. The standard InChI is InChI=1S/C22H28Cl2N2/c23-20-11-9-16(15-21(20)24)17-10-12-22(19-8-4-3-7-18(17)19)26-14-6-2-1-5-13-25/h3-4,7-9,11,15,17,22,26H,1-2,5-6,10,12-14,25H2/t17-,22-/m1/s1. The van der Waals surface area contributed by atoms with Crippen molar-refractivity contribution < 1.29 is 0 Å². The molecule has 3 N–H and O–H groups in total. The molecule has 0 spiro atoms. The maximum Gasteiger partial charge on any atom is 0.0595 e. The summed E-state index contributed by atoms with van der Waals surface area (Å²) in [5.41, 5.74) is 9.66. The lowest BCUT2D eigenvalue weighted by Crippen LogP contribution is -2.27. The molecule has 2 aromatic rings. The van der Waals surface area contributed by atoms with Gasteiger partial charge in [-0.3, -0.25) is 0 Å². The van der Waals surface area contributed by atoms with Gasteiger partial charge in [0, 0.05) is 12.0 Å². The first-order chi connectivity index (χ1) is 12.7. The average Bonchev–Trinajstić information content (AvgIpc) is 2.67. The van der Waals surface area contributed by atoms with Gasteiger partial charge < -0.3 is 11.1 Å². The Morgan fingerprint density at radius 2 is 1.65 bits per heavy atom. The van der Waals surface area contributed by atoms with Crippen molar-refractivity contribution in [1.82, 2.24) is 5.32 Å². The third kappa shape index (κ3) is 4.80. The molecule has 2 aromatic carbocycles. The number of halogens is 2. The van der Waals surface area contributed by atoms with Gasteiger partial charge in [-0.05, 0) is 67.6 Å². The first-order valence-electron chi connectivity index (χ1n) is 9.68. The fourth-order valence-corrected chi connectivity index (χ4v) is 4.28. The molecule has 2 atom stereocenters. The Balaban J connectivity index is 1.69. The Hall–Kier alpha value is -1.06. The van der Waals surface area contributed by atoms with E-state index < -0.39 is 0 Å². The van der Waals surface area contributed by atoms with Crippen LogP contribution in [0.15, 0.2) is 42.5 Å². The fraction of sp³-hybridized carbons (Fsp3) is 0.455. The lowest BCUT2D eigenvalue weighted by atomic mass is 9.77. The molecule has 2 nitrogen and oxygen atoms in total. The summed E-state index contributed by atoms with van der Waals surface area (Å²) >= 11 is 12.4. The molecule has 0 saturated carbocycles. The second-order valence-corrected chi connectivity index (χ2v) is 7.96. The predicted octanol–water partition coefficient (Wildman–Crippen LogP) is 6.07. The number of rotatable bonds is 8. The Bertz CT molecular complexity index is 717. The quantitative estimate of drug-likeness (QED) is 0.536. The highest BCUT2D eigenvalue weighted by Gasteiger charge is 2.27. The molecule has 0 radical (unpaired) electrons. The fourth-order valence-electron chi connectivity index (χ4n) is 3.98. The van der Waals surface area contributed by atoms with E-state index in [1.165, 1.54) is 36.0 Å². The number of hydrogen-bond acceptors (Lipinski definition) is 2. The van der Waals surface area contributed by atoms with Gasteiger partial charge in [0.15, 0.2) is 0 Å². The van der Waals surface area contributed by atoms with Gasteiger partial charge in [0.05, 0.1) is 10.0 Å². The van der Waals surface area contributed by atoms with Gasteiger partial charge in [-0.2, -0.15) is 0 Å². The van der Waals surface area contributed by atoms with Gasteiger partial charge in [-0.25, -0.2) is 0 Å². The third-order valence-corrected chi connectivity index (χ3v) is 6.10. The summed E-state index contributed by atoms with van der Waals surface area (Å²) in [7, 11) is 0. The second kappa shape index (κ2) is 9.75. The molecule has 4 heteroatoms. The molecular formula is C22H28Cl2N2. The highest BCUT2D eigenvalue weighted by atomic mass is 35.5. The van der Waals surface area contributed by atoms with Crippen molar-refractivity contribution in [3.05, 3.63) is 69.2 Å². The SMILES string of the molecule is NCCCCCCN[C@@H]1CC[C@H](c2ccc(Cl)c(Cl)c2)c2ccccc21. The second-order valence-electron chi connectivity index (χ2n) is 7.14. The van der Waals surface area contributed by atoms with E-state index in [4.69, 9.17) is 28.9 Å². The van der Waals surface area contributed by atoms with E-state index in [0.29, 0.717) is 22.0 Å².